The minimum atomic E-state index is -0.215. The van der Waals surface area contributed by atoms with Crippen LogP contribution in [0.25, 0.3) is 0 Å². The molecule has 0 heterocycles. The van der Waals surface area contributed by atoms with Crippen molar-refractivity contribution in [3.05, 3.63) is 23.8 Å². The molecule has 1 amide bonds. The average Bonchev–Trinajstić information content (AvgIpc) is 2.42. The van der Waals surface area contributed by atoms with Crippen LogP contribution in [0.1, 0.15) is 23.2 Å². The third-order valence-corrected chi connectivity index (χ3v) is 2.40. The Hall–Kier alpha value is -2.22. The predicted molar refractivity (Wildman–Crippen MR) is 66.7 cm³/mol. The number of hydrogen-bond donors (Lipinski definition) is 1. The van der Waals surface area contributed by atoms with Crippen LogP contribution >= 0.6 is 0 Å². The Morgan fingerprint density at radius 3 is 2.78 bits per heavy atom. The van der Waals surface area contributed by atoms with Crippen LogP contribution in [0.15, 0.2) is 18.2 Å². The van der Waals surface area contributed by atoms with Gasteiger partial charge in [-0.15, -0.1) is 0 Å². The lowest BCUT2D eigenvalue weighted by Gasteiger charge is -2.10. The molecule has 5 heteroatoms. The van der Waals surface area contributed by atoms with Crippen LogP contribution in [0.2, 0.25) is 0 Å². The molecule has 18 heavy (non-hydrogen) atoms. The number of carbonyl (C=O) groups excluding carboxylic acids is 1. The van der Waals surface area contributed by atoms with Crippen molar-refractivity contribution in [2.45, 2.75) is 12.8 Å². The van der Waals surface area contributed by atoms with E-state index < -0.39 is 0 Å². The molecule has 0 unspecified atom stereocenters. The van der Waals surface area contributed by atoms with Crippen LogP contribution in [-0.2, 0) is 0 Å². The van der Waals surface area contributed by atoms with Gasteiger partial charge in [0.2, 0.25) is 0 Å². The zero-order valence-corrected chi connectivity index (χ0v) is 10.5. The number of carbonyl (C=O) groups is 1. The summed E-state index contributed by atoms with van der Waals surface area (Å²) in [5.41, 5.74) is 0.454. The van der Waals surface area contributed by atoms with Gasteiger partial charge in [0.05, 0.1) is 25.9 Å². The lowest BCUT2D eigenvalue weighted by molar-refractivity contribution is 0.0950. The third-order valence-electron chi connectivity index (χ3n) is 2.40. The number of nitriles is 1. The Balaban J connectivity index is 2.70. The molecule has 1 N–H and O–H groups in total. The van der Waals surface area contributed by atoms with Crippen molar-refractivity contribution < 1.29 is 14.3 Å². The zero-order valence-electron chi connectivity index (χ0n) is 10.5. The molecule has 1 aromatic rings. The van der Waals surface area contributed by atoms with Gasteiger partial charge < -0.3 is 14.8 Å². The highest BCUT2D eigenvalue weighted by Crippen LogP contribution is 2.24. The molecule has 0 aliphatic carbocycles. The van der Waals surface area contributed by atoms with E-state index in [0.717, 1.165) is 0 Å². The summed E-state index contributed by atoms with van der Waals surface area (Å²) >= 11 is 0. The van der Waals surface area contributed by atoms with Gasteiger partial charge in [-0.1, -0.05) is 0 Å². The van der Waals surface area contributed by atoms with Gasteiger partial charge in [-0.2, -0.15) is 5.26 Å². The number of methoxy groups -OCH3 is 2. The van der Waals surface area contributed by atoms with Gasteiger partial charge in [-0.05, 0) is 18.6 Å². The summed E-state index contributed by atoms with van der Waals surface area (Å²) in [6.45, 7) is 0.474. The average molecular weight is 248 g/mol. The van der Waals surface area contributed by atoms with E-state index in [2.05, 4.69) is 5.32 Å². The smallest absolute Gasteiger partial charge is 0.255 e. The van der Waals surface area contributed by atoms with Crippen molar-refractivity contribution in [3.8, 4) is 17.6 Å². The summed E-state index contributed by atoms with van der Waals surface area (Å²) in [5, 5.41) is 11.1. The molecule has 0 aromatic heterocycles. The van der Waals surface area contributed by atoms with Crippen LogP contribution in [0, 0.1) is 11.3 Å². The normalized spacial score (nSPS) is 9.39. The Bertz CT molecular complexity index is 452. The van der Waals surface area contributed by atoms with Gasteiger partial charge in [0.15, 0.2) is 0 Å². The Labute approximate surface area is 106 Å². The minimum absolute atomic E-state index is 0.215. The number of hydrogen-bond acceptors (Lipinski definition) is 4. The van der Waals surface area contributed by atoms with Crippen molar-refractivity contribution in [2.24, 2.45) is 0 Å². The van der Waals surface area contributed by atoms with Gasteiger partial charge in [-0.3, -0.25) is 4.79 Å². The lowest BCUT2D eigenvalue weighted by Crippen LogP contribution is -2.24. The first-order valence-electron chi connectivity index (χ1n) is 5.60. The van der Waals surface area contributed by atoms with E-state index in [-0.39, 0.29) is 5.91 Å². The molecule has 0 aliphatic heterocycles. The van der Waals surface area contributed by atoms with Crippen molar-refractivity contribution >= 4 is 5.91 Å². The van der Waals surface area contributed by atoms with E-state index in [4.69, 9.17) is 14.7 Å². The highest BCUT2D eigenvalue weighted by molar-refractivity contribution is 5.97. The third kappa shape index (κ3) is 3.67. The fourth-order valence-corrected chi connectivity index (χ4v) is 1.45. The fraction of sp³-hybridized carbons (Fsp3) is 0.385. The molecule has 0 radical (unpaired) electrons. The Kier molecular flexibility index (Phi) is 5.52. The second-order valence-corrected chi connectivity index (χ2v) is 3.58. The van der Waals surface area contributed by atoms with Gasteiger partial charge in [0, 0.05) is 19.0 Å². The molecule has 1 aromatic carbocycles. The molecule has 0 fully saturated rings. The Morgan fingerprint density at radius 1 is 1.39 bits per heavy atom. The monoisotopic (exact) mass is 248 g/mol. The summed E-state index contributed by atoms with van der Waals surface area (Å²) in [6, 6.07) is 7.03. The van der Waals surface area contributed by atoms with E-state index in [9.17, 15) is 4.79 Å². The number of amides is 1. The van der Waals surface area contributed by atoms with Crippen LogP contribution < -0.4 is 14.8 Å². The Morgan fingerprint density at radius 2 is 2.17 bits per heavy atom. The number of rotatable bonds is 6. The first-order chi connectivity index (χ1) is 8.72. The largest absolute Gasteiger partial charge is 0.497 e. The van der Waals surface area contributed by atoms with Crippen molar-refractivity contribution in [1.82, 2.24) is 5.32 Å². The molecule has 1 rings (SSSR count). The predicted octanol–water partition coefficient (Wildman–Crippen LogP) is 1.74. The number of ether oxygens (including phenoxy) is 2. The second kappa shape index (κ2) is 7.17. The van der Waals surface area contributed by atoms with Crippen LogP contribution in [0.3, 0.4) is 0 Å². The van der Waals surface area contributed by atoms with E-state index in [1.54, 1.807) is 25.3 Å². The number of unbranched alkanes of at least 4 members (excludes halogenated alkanes) is 1. The SMILES string of the molecule is COc1ccc(C(=O)NCCCC#N)c(OC)c1. The summed E-state index contributed by atoms with van der Waals surface area (Å²) in [7, 11) is 3.05. The molecular weight excluding hydrogens is 232 g/mol. The standard InChI is InChI=1S/C13H16N2O3/c1-17-10-5-6-11(12(9-10)18-2)13(16)15-8-4-3-7-14/h5-6,9H,3-4,8H2,1-2H3,(H,15,16). The molecule has 0 aliphatic rings. The van der Waals surface area contributed by atoms with E-state index in [1.807, 2.05) is 6.07 Å². The lowest BCUT2D eigenvalue weighted by atomic mass is 10.1. The van der Waals surface area contributed by atoms with Crippen molar-refractivity contribution in [2.75, 3.05) is 20.8 Å². The van der Waals surface area contributed by atoms with Crippen molar-refractivity contribution in [3.63, 3.8) is 0 Å². The molecule has 0 saturated heterocycles. The van der Waals surface area contributed by atoms with Gasteiger partial charge >= 0.3 is 0 Å². The quantitative estimate of drug-likeness (QED) is 0.778. The van der Waals surface area contributed by atoms with E-state index >= 15 is 0 Å². The van der Waals surface area contributed by atoms with Gasteiger partial charge in [-0.25, -0.2) is 0 Å². The summed E-state index contributed by atoms with van der Waals surface area (Å²) in [5.74, 6) is 0.882. The summed E-state index contributed by atoms with van der Waals surface area (Å²) in [4.78, 5) is 11.9. The van der Waals surface area contributed by atoms with E-state index in [1.165, 1.54) is 7.11 Å². The number of nitrogens with one attached hydrogen (secondary N) is 1. The topological polar surface area (TPSA) is 71.3 Å². The summed E-state index contributed by atoms with van der Waals surface area (Å²) in [6.07, 6.45) is 1.07. The fourth-order valence-electron chi connectivity index (χ4n) is 1.45. The number of nitrogens with zero attached hydrogens (tertiary/aromatic N) is 1. The van der Waals surface area contributed by atoms with Crippen LogP contribution in [-0.4, -0.2) is 26.7 Å². The maximum Gasteiger partial charge on any atom is 0.255 e. The molecule has 0 bridgehead atoms. The maximum atomic E-state index is 11.9. The molecular formula is C13H16N2O3. The van der Waals surface area contributed by atoms with Gasteiger partial charge in [0.25, 0.3) is 5.91 Å². The highest BCUT2D eigenvalue weighted by Gasteiger charge is 2.12. The molecule has 0 saturated carbocycles. The second-order valence-electron chi connectivity index (χ2n) is 3.58. The first kappa shape index (κ1) is 13.8. The molecule has 0 atom stereocenters. The molecule has 5 nitrogen and oxygen atoms in total. The van der Waals surface area contributed by atoms with E-state index in [0.29, 0.717) is 36.4 Å². The van der Waals surface area contributed by atoms with Crippen LogP contribution in [0.5, 0.6) is 11.5 Å². The molecule has 0 spiro atoms. The minimum Gasteiger partial charge on any atom is -0.497 e. The zero-order chi connectivity index (χ0) is 13.4. The molecule has 96 valence electrons. The maximum absolute atomic E-state index is 11.9. The number of benzene rings is 1. The highest BCUT2D eigenvalue weighted by atomic mass is 16.5. The first-order valence-corrected chi connectivity index (χ1v) is 5.60. The summed E-state index contributed by atoms with van der Waals surface area (Å²) < 4.78 is 10.2. The van der Waals surface area contributed by atoms with Gasteiger partial charge in [0.1, 0.15) is 11.5 Å². The van der Waals surface area contributed by atoms with Crippen LogP contribution in [0.4, 0.5) is 0 Å². The van der Waals surface area contributed by atoms with Crippen molar-refractivity contribution in [1.29, 1.82) is 5.26 Å².